The topological polar surface area (TPSA) is 42.3 Å². The summed E-state index contributed by atoms with van der Waals surface area (Å²) in [6.07, 6.45) is 2.61. The van der Waals surface area contributed by atoms with Crippen LogP contribution in [0.3, 0.4) is 0 Å². The van der Waals surface area contributed by atoms with Crippen molar-refractivity contribution < 1.29 is 12.8 Å². The summed E-state index contributed by atoms with van der Waals surface area (Å²) < 4.78 is 44.7. The lowest BCUT2D eigenvalue weighted by Gasteiger charge is -2.27. The second-order valence-electron chi connectivity index (χ2n) is 8.87. The molecule has 0 N–H and O–H groups in total. The smallest absolute Gasteiger partial charge is 0.243 e. The molecule has 0 amide bonds. The van der Waals surface area contributed by atoms with Crippen LogP contribution < -0.4 is 0 Å². The zero-order valence-electron chi connectivity index (χ0n) is 19.6. The van der Waals surface area contributed by atoms with E-state index in [1.54, 1.807) is 24.3 Å². The number of para-hydroxylation sites is 1. The number of hydrogen-bond acceptors (Lipinski definition) is 2. The molecule has 0 unspecified atom stereocenters. The Hall–Kier alpha value is -2.93. The van der Waals surface area contributed by atoms with Crippen molar-refractivity contribution in [2.75, 3.05) is 13.1 Å². The summed E-state index contributed by atoms with van der Waals surface area (Å²) >= 11 is 6.33. The van der Waals surface area contributed by atoms with Crippen LogP contribution in [0.1, 0.15) is 28.8 Å². The quantitative estimate of drug-likeness (QED) is 0.305. The van der Waals surface area contributed by atoms with Gasteiger partial charge in [0.15, 0.2) is 0 Å². The molecule has 0 bridgehead atoms. The molecule has 0 spiro atoms. The summed E-state index contributed by atoms with van der Waals surface area (Å²) in [6, 6.07) is 19.9. The lowest BCUT2D eigenvalue weighted by atomic mass is 9.97. The monoisotopic (exact) mass is 508 g/mol. The number of sulfonamides is 1. The minimum atomic E-state index is -3.57. The summed E-state index contributed by atoms with van der Waals surface area (Å²) in [7, 11) is -3.57. The van der Waals surface area contributed by atoms with E-state index < -0.39 is 10.0 Å². The summed E-state index contributed by atoms with van der Waals surface area (Å²) in [6.45, 7) is 4.88. The van der Waals surface area contributed by atoms with Gasteiger partial charge in [-0.2, -0.15) is 4.31 Å². The number of hydrogen-bond donors (Lipinski definition) is 0. The van der Waals surface area contributed by atoms with Gasteiger partial charge >= 0.3 is 0 Å². The first-order valence-corrected chi connectivity index (χ1v) is 13.4. The van der Waals surface area contributed by atoms with Crippen molar-refractivity contribution in [2.45, 2.75) is 31.7 Å². The molecular weight excluding hydrogens is 483 g/mol. The predicted octanol–water partition coefficient (Wildman–Crippen LogP) is 6.58. The predicted molar refractivity (Wildman–Crippen MR) is 140 cm³/mol. The molecule has 35 heavy (non-hydrogen) atoms. The first-order valence-electron chi connectivity index (χ1n) is 11.5. The second kappa shape index (κ2) is 9.26. The molecule has 4 aromatic rings. The fraction of sp³-hybridized carbons (Fsp3) is 0.214. The van der Waals surface area contributed by atoms with Crippen LogP contribution in [0.25, 0.3) is 16.5 Å². The van der Waals surface area contributed by atoms with Crippen molar-refractivity contribution in [2.24, 2.45) is 0 Å². The van der Waals surface area contributed by atoms with Gasteiger partial charge in [-0.15, -0.1) is 0 Å². The Kier molecular flexibility index (Phi) is 6.30. The Bertz CT molecular complexity index is 1550. The highest BCUT2D eigenvalue weighted by Crippen LogP contribution is 2.36. The van der Waals surface area contributed by atoms with E-state index in [4.69, 9.17) is 11.6 Å². The van der Waals surface area contributed by atoms with Crippen LogP contribution in [-0.2, 0) is 16.6 Å². The van der Waals surface area contributed by atoms with Crippen molar-refractivity contribution in [3.63, 3.8) is 0 Å². The van der Waals surface area contributed by atoms with Gasteiger partial charge in [0.2, 0.25) is 10.0 Å². The molecule has 0 aliphatic carbocycles. The summed E-state index contributed by atoms with van der Waals surface area (Å²) in [5, 5.41) is 1.47. The van der Waals surface area contributed by atoms with E-state index in [9.17, 15) is 12.8 Å². The Balaban J connectivity index is 1.52. The van der Waals surface area contributed by atoms with Gasteiger partial charge in [0.1, 0.15) is 5.82 Å². The SMILES string of the molecule is Cc1ccccc1S(=O)(=O)N1CC=C(c2c(C)n(Cc3c(F)cccc3Cl)c3ccccc23)CC1. The van der Waals surface area contributed by atoms with E-state index in [0.717, 1.165) is 33.3 Å². The van der Waals surface area contributed by atoms with E-state index in [1.165, 1.54) is 10.4 Å². The minimum absolute atomic E-state index is 0.310. The van der Waals surface area contributed by atoms with Crippen molar-refractivity contribution in [1.82, 2.24) is 8.87 Å². The molecule has 2 heterocycles. The van der Waals surface area contributed by atoms with Crippen molar-refractivity contribution in [1.29, 1.82) is 0 Å². The molecule has 0 atom stereocenters. The number of aromatic nitrogens is 1. The molecular formula is C28H26ClFN2O2S. The first-order chi connectivity index (χ1) is 16.8. The average Bonchev–Trinajstić information content (AvgIpc) is 3.12. The van der Waals surface area contributed by atoms with E-state index in [-0.39, 0.29) is 5.82 Å². The lowest BCUT2D eigenvalue weighted by molar-refractivity contribution is 0.441. The third-order valence-electron chi connectivity index (χ3n) is 6.81. The largest absolute Gasteiger partial charge is 0.340 e. The van der Waals surface area contributed by atoms with Gasteiger partial charge in [-0.3, -0.25) is 0 Å². The fourth-order valence-electron chi connectivity index (χ4n) is 4.96. The molecule has 1 aliphatic heterocycles. The summed E-state index contributed by atoms with van der Waals surface area (Å²) in [5.74, 6) is -0.329. The highest BCUT2D eigenvalue weighted by molar-refractivity contribution is 7.89. The normalized spacial score (nSPS) is 14.9. The maximum atomic E-state index is 14.6. The Morgan fingerprint density at radius 1 is 0.971 bits per heavy atom. The number of aryl methyl sites for hydroxylation is 1. The van der Waals surface area contributed by atoms with Crippen molar-refractivity contribution >= 4 is 38.1 Å². The number of rotatable bonds is 5. The summed E-state index contributed by atoms with van der Waals surface area (Å²) in [4.78, 5) is 0.353. The highest BCUT2D eigenvalue weighted by Gasteiger charge is 2.29. The lowest BCUT2D eigenvalue weighted by Crippen LogP contribution is -2.35. The Morgan fingerprint density at radius 3 is 2.43 bits per heavy atom. The number of nitrogens with zero attached hydrogens (tertiary/aromatic N) is 2. The van der Waals surface area contributed by atoms with Crippen LogP contribution in [0.4, 0.5) is 4.39 Å². The number of halogens is 2. The molecule has 1 aliphatic rings. The van der Waals surface area contributed by atoms with Crippen LogP contribution >= 0.6 is 11.6 Å². The van der Waals surface area contributed by atoms with Crippen LogP contribution in [0.2, 0.25) is 5.02 Å². The number of benzene rings is 3. The zero-order chi connectivity index (χ0) is 24.7. The van der Waals surface area contributed by atoms with Crippen LogP contribution in [0.5, 0.6) is 0 Å². The molecule has 0 radical (unpaired) electrons. The molecule has 0 saturated carbocycles. The van der Waals surface area contributed by atoms with Gasteiger partial charge in [-0.1, -0.05) is 60.1 Å². The van der Waals surface area contributed by atoms with E-state index in [1.807, 2.05) is 50.3 Å². The molecule has 7 heteroatoms. The van der Waals surface area contributed by atoms with Gasteiger partial charge in [0, 0.05) is 45.8 Å². The molecule has 4 nitrogen and oxygen atoms in total. The van der Waals surface area contributed by atoms with E-state index in [2.05, 4.69) is 10.6 Å². The van der Waals surface area contributed by atoms with Crippen LogP contribution in [0, 0.1) is 19.7 Å². The standard InChI is InChI=1S/C28H26ClFN2O2S/c1-19-8-3-6-13-27(19)35(33,34)31-16-14-21(15-17-31)28-20(2)32(26-12-5-4-9-22(26)28)18-23-24(29)10-7-11-25(23)30/h3-14H,15-18H2,1-2H3. The molecule has 180 valence electrons. The Labute approximate surface area is 210 Å². The molecule has 3 aromatic carbocycles. The zero-order valence-corrected chi connectivity index (χ0v) is 21.2. The van der Waals surface area contributed by atoms with E-state index in [0.29, 0.717) is 41.5 Å². The first kappa shape index (κ1) is 23.8. The summed E-state index contributed by atoms with van der Waals surface area (Å²) in [5.41, 5.74) is 5.39. The van der Waals surface area contributed by atoms with Crippen LogP contribution in [0.15, 0.2) is 77.7 Å². The molecule has 0 saturated heterocycles. The van der Waals surface area contributed by atoms with Crippen molar-refractivity contribution in [3.8, 4) is 0 Å². The third-order valence-corrected chi connectivity index (χ3v) is 9.19. The molecule has 1 aromatic heterocycles. The Morgan fingerprint density at radius 2 is 1.71 bits per heavy atom. The highest BCUT2D eigenvalue weighted by atomic mass is 35.5. The average molecular weight is 509 g/mol. The maximum Gasteiger partial charge on any atom is 0.243 e. The number of fused-ring (bicyclic) bond motifs is 1. The second-order valence-corrected chi connectivity index (χ2v) is 11.2. The molecule has 5 rings (SSSR count). The van der Waals surface area contributed by atoms with Gasteiger partial charge in [-0.05, 0) is 55.7 Å². The van der Waals surface area contributed by atoms with Gasteiger partial charge in [-0.25, -0.2) is 12.8 Å². The fourth-order valence-corrected chi connectivity index (χ4v) is 6.79. The third kappa shape index (κ3) is 4.20. The van der Waals surface area contributed by atoms with Crippen LogP contribution in [-0.4, -0.2) is 30.4 Å². The van der Waals surface area contributed by atoms with Gasteiger partial charge in [0.25, 0.3) is 0 Å². The van der Waals surface area contributed by atoms with Crippen molar-refractivity contribution in [3.05, 3.63) is 106 Å². The van der Waals surface area contributed by atoms with Gasteiger partial charge < -0.3 is 4.57 Å². The molecule has 0 fully saturated rings. The maximum absolute atomic E-state index is 14.6. The van der Waals surface area contributed by atoms with E-state index >= 15 is 0 Å². The minimum Gasteiger partial charge on any atom is -0.340 e. The van der Waals surface area contributed by atoms with Gasteiger partial charge in [0.05, 0.1) is 11.4 Å².